The highest BCUT2D eigenvalue weighted by atomic mass is 35.5. The van der Waals surface area contributed by atoms with Crippen LogP contribution in [-0.2, 0) is 14.3 Å². The Kier molecular flexibility index (Phi) is 13.0. The minimum atomic E-state index is -0.880. The first-order valence-electron chi connectivity index (χ1n) is 11.6. The first-order chi connectivity index (χ1) is 15.6. The molecule has 1 N–H and O–H groups in total. The first kappa shape index (κ1) is 32.4. The zero-order valence-corrected chi connectivity index (χ0v) is 23.2. The number of benzene rings is 1. The lowest BCUT2D eigenvalue weighted by Crippen LogP contribution is -3.00. The molecular weight excluding hydrogens is 466 g/mol. The Hall–Kier alpha value is -2.64. The second-order valence-corrected chi connectivity index (χ2v) is 10.8. The van der Waals surface area contributed by atoms with E-state index in [9.17, 15) is 14.4 Å². The van der Waals surface area contributed by atoms with Crippen molar-refractivity contribution in [2.45, 2.75) is 52.6 Å². The molecule has 0 saturated carbocycles. The number of nitrogens with one attached hydrogen (secondary N) is 1. The topological polar surface area (TPSA) is 75.7 Å². The molecule has 7 nitrogen and oxygen atoms in total. The van der Waals surface area contributed by atoms with E-state index < -0.39 is 17.6 Å². The van der Waals surface area contributed by atoms with E-state index in [2.05, 4.69) is 33.0 Å². The number of hydrogen-bond donors (Lipinski definition) is 1. The molecule has 0 aliphatic heterocycles. The maximum atomic E-state index is 13.3. The lowest BCUT2D eigenvalue weighted by Gasteiger charge is -2.32. The van der Waals surface area contributed by atoms with Gasteiger partial charge < -0.3 is 31.8 Å². The van der Waals surface area contributed by atoms with Gasteiger partial charge in [0.1, 0.15) is 6.04 Å². The molecule has 8 heteroatoms. The zero-order valence-electron chi connectivity index (χ0n) is 22.5. The summed E-state index contributed by atoms with van der Waals surface area (Å²) in [6.07, 6.45) is 3.87. The van der Waals surface area contributed by atoms with Gasteiger partial charge in [0.25, 0.3) is 0 Å². The molecule has 1 unspecified atom stereocenters. The number of carbonyl (C=O) groups excluding carboxylic acids is 3. The van der Waals surface area contributed by atoms with Crippen LogP contribution >= 0.6 is 0 Å². The second-order valence-electron chi connectivity index (χ2n) is 10.8. The first-order valence-corrected chi connectivity index (χ1v) is 11.6. The van der Waals surface area contributed by atoms with E-state index in [-0.39, 0.29) is 30.8 Å². The predicted molar refractivity (Wildman–Crippen MR) is 136 cm³/mol. The SMILES string of the molecule is C=CCN(C(=O)C=C(C)C)C(C(=O)NC(C)(C)C)c1ccc(C(=O)OCCC[N+](C)(C)C)cc1.[Cl-]. The summed E-state index contributed by atoms with van der Waals surface area (Å²) in [5, 5.41) is 2.97. The van der Waals surface area contributed by atoms with Gasteiger partial charge in [0.15, 0.2) is 0 Å². The van der Waals surface area contributed by atoms with Crippen LogP contribution in [0.2, 0.25) is 0 Å². The van der Waals surface area contributed by atoms with Crippen molar-refractivity contribution in [1.29, 1.82) is 0 Å². The number of allylic oxidation sites excluding steroid dienone is 1. The van der Waals surface area contributed by atoms with Crippen LogP contribution in [0.3, 0.4) is 0 Å². The molecule has 1 aromatic carbocycles. The lowest BCUT2D eigenvalue weighted by molar-refractivity contribution is -0.870. The van der Waals surface area contributed by atoms with E-state index in [1.54, 1.807) is 30.3 Å². The van der Waals surface area contributed by atoms with Gasteiger partial charge in [-0.3, -0.25) is 9.59 Å². The normalized spacial score (nSPS) is 12.0. The van der Waals surface area contributed by atoms with Crippen molar-refractivity contribution in [3.05, 3.63) is 59.7 Å². The number of halogens is 1. The van der Waals surface area contributed by atoms with Crippen molar-refractivity contribution in [2.24, 2.45) is 0 Å². The van der Waals surface area contributed by atoms with E-state index in [1.165, 1.54) is 11.0 Å². The van der Waals surface area contributed by atoms with Gasteiger partial charge in [-0.2, -0.15) is 0 Å². The average molecular weight is 508 g/mol. The third kappa shape index (κ3) is 12.1. The zero-order chi connectivity index (χ0) is 26.1. The van der Waals surface area contributed by atoms with E-state index in [4.69, 9.17) is 4.74 Å². The molecule has 0 radical (unpaired) electrons. The van der Waals surface area contributed by atoms with E-state index >= 15 is 0 Å². The fourth-order valence-electron chi connectivity index (χ4n) is 3.29. The fraction of sp³-hybridized carbons (Fsp3) is 0.519. The molecule has 0 saturated heterocycles. The Bertz CT molecular complexity index is 892. The minimum absolute atomic E-state index is 0. The molecule has 1 atom stereocenters. The number of quaternary nitrogens is 1. The lowest BCUT2D eigenvalue weighted by atomic mass is 10.00. The summed E-state index contributed by atoms with van der Waals surface area (Å²) in [5.41, 5.74) is 1.34. The third-order valence-corrected chi connectivity index (χ3v) is 4.75. The highest BCUT2D eigenvalue weighted by molar-refractivity contribution is 5.94. The number of ether oxygens (including phenoxy) is 1. The van der Waals surface area contributed by atoms with Crippen molar-refractivity contribution in [3.63, 3.8) is 0 Å². The van der Waals surface area contributed by atoms with Gasteiger partial charge in [0.05, 0.1) is 39.9 Å². The molecule has 0 aliphatic carbocycles. The standard InChI is InChI=1S/C27H41N3O4.ClH/c1-10-16-29(23(31)19-20(2)3)24(25(32)28-27(4,5)6)21-12-14-22(15-13-21)26(33)34-18-11-17-30(7,8)9;/h10,12-15,19,24H,1,11,16-18H2,2-9H3;1H. The van der Waals surface area contributed by atoms with Crippen LogP contribution in [-0.4, -0.2) is 73.5 Å². The maximum absolute atomic E-state index is 13.3. The van der Waals surface area contributed by atoms with E-state index in [0.717, 1.165) is 23.0 Å². The van der Waals surface area contributed by atoms with Gasteiger partial charge in [-0.15, -0.1) is 6.58 Å². The number of rotatable bonds is 11. The van der Waals surface area contributed by atoms with Crippen molar-refractivity contribution >= 4 is 17.8 Å². The molecule has 35 heavy (non-hydrogen) atoms. The predicted octanol–water partition coefficient (Wildman–Crippen LogP) is 0.880. The molecule has 196 valence electrons. The van der Waals surface area contributed by atoms with Crippen molar-refractivity contribution in [1.82, 2.24) is 10.2 Å². The number of carbonyl (C=O) groups is 3. The van der Waals surface area contributed by atoms with Crippen LogP contribution < -0.4 is 17.7 Å². The Morgan fingerprint density at radius 2 is 1.69 bits per heavy atom. The van der Waals surface area contributed by atoms with Crippen molar-refractivity contribution in [3.8, 4) is 0 Å². The molecule has 0 aliphatic rings. The molecule has 0 bridgehead atoms. The van der Waals surface area contributed by atoms with Crippen LogP contribution in [0.25, 0.3) is 0 Å². The third-order valence-electron chi connectivity index (χ3n) is 4.75. The van der Waals surface area contributed by atoms with Gasteiger partial charge in [-0.1, -0.05) is 23.8 Å². The van der Waals surface area contributed by atoms with Gasteiger partial charge >= 0.3 is 5.97 Å². The number of amides is 2. The van der Waals surface area contributed by atoms with E-state index in [1.807, 2.05) is 34.6 Å². The summed E-state index contributed by atoms with van der Waals surface area (Å²) in [4.78, 5) is 40.2. The smallest absolute Gasteiger partial charge is 0.338 e. The summed E-state index contributed by atoms with van der Waals surface area (Å²) < 4.78 is 6.19. The highest BCUT2D eigenvalue weighted by Gasteiger charge is 2.32. The molecule has 1 rings (SSSR count). The molecule has 0 fully saturated rings. The van der Waals surface area contributed by atoms with Crippen LogP contribution in [0.5, 0.6) is 0 Å². The number of esters is 1. The van der Waals surface area contributed by atoms with Crippen LogP contribution in [0.15, 0.2) is 48.6 Å². The maximum Gasteiger partial charge on any atom is 0.338 e. The van der Waals surface area contributed by atoms with Crippen molar-refractivity contribution in [2.75, 3.05) is 40.8 Å². The average Bonchev–Trinajstić information content (AvgIpc) is 2.68. The number of nitrogens with zero attached hydrogens (tertiary/aromatic N) is 2. The van der Waals surface area contributed by atoms with Crippen LogP contribution in [0.1, 0.15) is 63.0 Å². The summed E-state index contributed by atoms with van der Waals surface area (Å²) >= 11 is 0. The fourth-order valence-corrected chi connectivity index (χ4v) is 3.29. The number of hydrogen-bond acceptors (Lipinski definition) is 4. The Balaban J connectivity index is 0.0000116. The van der Waals surface area contributed by atoms with Gasteiger partial charge in [0, 0.05) is 24.6 Å². The summed E-state index contributed by atoms with van der Waals surface area (Å²) in [6.45, 7) is 14.5. The van der Waals surface area contributed by atoms with Crippen LogP contribution in [0, 0.1) is 0 Å². The summed E-state index contributed by atoms with van der Waals surface area (Å²) in [6, 6.07) is 5.77. The molecular formula is C27H42ClN3O4. The molecule has 2 amide bonds. The van der Waals surface area contributed by atoms with Gasteiger partial charge in [-0.05, 0) is 52.3 Å². The van der Waals surface area contributed by atoms with Gasteiger partial charge in [0.2, 0.25) is 11.8 Å². The monoisotopic (exact) mass is 507 g/mol. The minimum Gasteiger partial charge on any atom is -1.00 e. The molecule has 0 spiro atoms. The van der Waals surface area contributed by atoms with Crippen molar-refractivity contribution < 1.29 is 36.0 Å². The van der Waals surface area contributed by atoms with Crippen LogP contribution in [0.4, 0.5) is 0 Å². The molecule has 1 aromatic rings. The largest absolute Gasteiger partial charge is 1.00 e. The summed E-state index contributed by atoms with van der Waals surface area (Å²) in [5.74, 6) is -0.998. The quantitative estimate of drug-likeness (QED) is 0.159. The highest BCUT2D eigenvalue weighted by Crippen LogP contribution is 2.24. The Morgan fingerprint density at radius 3 is 2.14 bits per heavy atom. The van der Waals surface area contributed by atoms with E-state index in [0.29, 0.717) is 17.7 Å². The second kappa shape index (κ2) is 14.0. The Morgan fingerprint density at radius 1 is 1.11 bits per heavy atom. The summed E-state index contributed by atoms with van der Waals surface area (Å²) in [7, 11) is 6.26. The molecule has 0 heterocycles. The molecule has 0 aromatic heterocycles. The Labute approximate surface area is 217 Å². The van der Waals surface area contributed by atoms with Gasteiger partial charge in [-0.25, -0.2) is 4.79 Å².